The molecule has 0 aromatic heterocycles. The van der Waals surface area contributed by atoms with Gasteiger partial charge in [-0.1, -0.05) is 11.6 Å². The second kappa shape index (κ2) is 5.96. The van der Waals surface area contributed by atoms with Gasteiger partial charge in [0.05, 0.1) is 10.7 Å². The predicted octanol–water partition coefficient (Wildman–Crippen LogP) is 2.39. The van der Waals surface area contributed by atoms with Crippen molar-refractivity contribution in [2.24, 2.45) is 0 Å². The molecule has 5 heteroatoms. The Morgan fingerprint density at radius 3 is 2.89 bits per heavy atom. The van der Waals surface area contributed by atoms with Crippen molar-refractivity contribution in [1.29, 1.82) is 0 Å². The van der Waals surface area contributed by atoms with Crippen LogP contribution in [0.3, 0.4) is 0 Å². The van der Waals surface area contributed by atoms with E-state index in [1.54, 1.807) is 12.1 Å². The van der Waals surface area contributed by atoms with E-state index in [1.165, 1.54) is 0 Å². The number of nitrogens with one attached hydrogen (secondary N) is 2. The van der Waals surface area contributed by atoms with E-state index in [-0.39, 0.29) is 5.91 Å². The molecule has 0 radical (unpaired) electrons. The lowest BCUT2D eigenvalue weighted by molar-refractivity contribution is -0.121. The van der Waals surface area contributed by atoms with Crippen LogP contribution < -0.4 is 16.4 Å². The summed E-state index contributed by atoms with van der Waals surface area (Å²) in [6, 6.07) is 5.80. The number of halogens is 1. The van der Waals surface area contributed by atoms with Gasteiger partial charge in [0.2, 0.25) is 5.91 Å². The lowest BCUT2D eigenvalue weighted by atomic mass is 10.2. The number of benzene rings is 1. The zero-order chi connectivity index (χ0) is 13.0. The summed E-state index contributed by atoms with van der Waals surface area (Å²) in [4.78, 5) is 11.4. The van der Waals surface area contributed by atoms with E-state index in [4.69, 9.17) is 17.3 Å². The van der Waals surface area contributed by atoms with Gasteiger partial charge in [0.25, 0.3) is 0 Å². The van der Waals surface area contributed by atoms with Gasteiger partial charge in [-0.2, -0.15) is 0 Å². The topological polar surface area (TPSA) is 67.1 Å². The van der Waals surface area contributed by atoms with Crippen molar-refractivity contribution < 1.29 is 4.79 Å². The van der Waals surface area contributed by atoms with Crippen LogP contribution in [0.1, 0.15) is 25.7 Å². The molecule has 18 heavy (non-hydrogen) atoms. The lowest BCUT2D eigenvalue weighted by Crippen LogP contribution is -2.25. The molecule has 0 spiro atoms. The van der Waals surface area contributed by atoms with Crippen molar-refractivity contribution in [1.82, 2.24) is 5.32 Å². The molecular weight excluding hydrogens is 250 g/mol. The van der Waals surface area contributed by atoms with Gasteiger partial charge >= 0.3 is 0 Å². The summed E-state index contributed by atoms with van der Waals surface area (Å²) >= 11 is 6.03. The van der Waals surface area contributed by atoms with Crippen molar-refractivity contribution in [2.75, 3.05) is 17.6 Å². The van der Waals surface area contributed by atoms with Crippen LogP contribution in [0, 0.1) is 0 Å². The highest BCUT2D eigenvalue weighted by atomic mass is 35.5. The summed E-state index contributed by atoms with van der Waals surface area (Å²) in [7, 11) is 0. The number of carbonyl (C=O) groups excluding carboxylic acids is 1. The van der Waals surface area contributed by atoms with Gasteiger partial charge < -0.3 is 16.4 Å². The zero-order valence-corrected chi connectivity index (χ0v) is 11.0. The molecule has 1 amide bonds. The molecule has 1 aliphatic carbocycles. The van der Waals surface area contributed by atoms with Crippen LogP contribution >= 0.6 is 11.6 Å². The third-order valence-corrected chi connectivity index (χ3v) is 3.14. The minimum absolute atomic E-state index is 0.141. The van der Waals surface area contributed by atoms with E-state index in [1.807, 2.05) is 6.07 Å². The Hall–Kier alpha value is -1.42. The van der Waals surface area contributed by atoms with Crippen LogP contribution in [0.5, 0.6) is 0 Å². The summed E-state index contributed by atoms with van der Waals surface area (Å²) < 4.78 is 0. The molecule has 98 valence electrons. The zero-order valence-electron chi connectivity index (χ0n) is 10.2. The van der Waals surface area contributed by atoms with Crippen LogP contribution in [-0.4, -0.2) is 18.5 Å². The Bertz CT molecular complexity index is 432. The molecule has 2 rings (SSSR count). The molecule has 1 saturated carbocycles. The minimum atomic E-state index is 0.141. The highest BCUT2D eigenvalue weighted by Crippen LogP contribution is 2.24. The van der Waals surface area contributed by atoms with Crippen LogP contribution in [-0.2, 0) is 4.79 Å². The highest BCUT2D eigenvalue weighted by Gasteiger charge is 2.22. The fourth-order valence-electron chi connectivity index (χ4n) is 1.67. The van der Waals surface area contributed by atoms with Gasteiger partial charge in [-0.15, -0.1) is 0 Å². The first-order valence-electron chi connectivity index (χ1n) is 6.23. The van der Waals surface area contributed by atoms with Crippen LogP contribution in [0.15, 0.2) is 18.2 Å². The number of hydrogen-bond acceptors (Lipinski definition) is 3. The Balaban J connectivity index is 1.66. The maximum absolute atomic E-state index is 11.4. The normalized spacial score (nSPS) is 14.3. The Morgan fingerprint density at radius 1 is 1.44 bits per heavy atom. The number of hydrogen-bond donors (Lipinski definition) is 3. The highest BCUT2D eigenvalue weighted by molar-refractivity contribution is 6.33. The molecule has 0 heterocycles. The van der Waals surface area contributed by atoms with Crippen LogP contribution in [0.2, 0.25) is 5.02 Å². The molecule has 1 aromatic carbocycles. The molecule has 0 bridgehead atoms. The lowest BCUT2D eigenvalue weighted by Gasteiger charge is -2.09. The predicted molar refractivity (Wildman–Crippen MR) is 74.8 cm³/mol. The van der Waals surface area contributed by atoms with Crippen LogP contribution in [0.4, 0.5) is 11.4 Å². The summed E-state index contributed by atoms with van der Waals surface area (Å²) in [6.07, 6.45) is 3.60. The third kappa shape index (κ3) is 4.11. The standard InChI is InChI=1S/C13H18ClN3O/c14-11-8-9(15)3-6-12(11)16-7-1-2-13(18)17-10-4-5-10/h3,6,8,10,16H,1-2,4-5,7,15H2,(H,17,18). The minimum Gasteiger partial charge on any atom is -0.399 e. The smallest absolute Gasteiger partial charge is 0.220 e. The molecule has 4 nitrogen and oxygen atoms in total. The molecular formula is C13H18ClN3O. The number of nitrogens with two attached hydrogens (primary N) is 1. The SMILES string of the molecule is Nc1ccc(NCCCC(=O)NC2CC2)c(Cl)c1. The molecule has 1 fully saturated rings. The fourth-order valence-corrected chi connectivity index (χ4v) is 1.93. The third-order valence-electron chi connectivity index (χ3n) is 2.83. The first-order valence-corrected chi connectivity index (χ1v) is 6.61. The first-order chi connectivity index (χ1) is 8.65. The van der Waals surface area contributed by atoms with Gasteiger partial charge in [0.15, 0.2) is 0 Å². The summed E-state index contributed by atoms with van der Waals surface area (Å²) in [5, 5.41) is 6.77. The Morgan fingerprint density at radius 2 is 2.22 bits per heavy atom. The second-order valence-corrected chi connectivity index (χ2v) is 5.02. The number of rotatable bonds is 6. The van der Waals surface area contributed by atoms with Crippen molar-refractivity contribution in [3.8, 4) is 0 Å². The van der Waals surface area contributed by atoms with Crippen molar-refractivity contribution in [3.05, 3.63) is 23.2 Å². The molecule has 4 N–H and O–H groups in total. The van der Waals surface area contributed by atoms with Crippen LogP contribution in [0.25, 0.3) is 0 Å². The summed E-state index contributed by atoms with van der Waals surface area (Å²) in [5.41, 5.74) is 7.11. The van der Waals surface area contributed by atoms with E-state index in [9.17, 15) is 4.79 Å². The van der Waals surface area contributed by atoms with E-state index >= 15 is 0 Å². The molecule has 0 aliphatic heterocycles. The van der Waals surface area contributed by atoms with Crippen molar-refractivity contribution in [3.63, 3.8) is 0 Å². The maximum atomic E-state index is 11.4. The van der Waals surface area contributed by atoms with Crippen molar-refractivity contribution in [2.45, 2.75) is 31.7 Å². The van der Waals surface area contributed by atoms with Gasteiger partial charge in [-0.25, -0.2) is 0 Å². The summed E-state index contributed by atoms with van der Waals surface area (Å²) in [6.45, 7) is 0.724. The van der Waals surface area contributed by atoms with Gasteiger partial charge in [-0.3, -0.25) is 4.79 Å². The van der Waals surface area contributed by atoms with E-state index in [0.717, 1.165) is 31.5 Å². The van der Waals surface area contributed by atoms with Gasteiger partial charge in [0.1, 0.15) is 0 Å². The number of nitrogen functional groups attached to an aromatic ring is 1. The average molecular weight is 268 g/mol. The molecule has 0 atom stereocenters. The largest absolute Gasteiger partial charge is 0.399 e. The van der Waals surface area contributed by atoms with Gasteiger partial charge in [-0.05, 0) is 37.5 Å². The molecule has 1 aliphatic rings. The monoisotopic (exact) mass is 267 g/mol. The molecule has 0 unspecified atom stereocenters. The van der Waals surface area contributed by atoms with E-state index < -0.39 is 0 Å². The number of carbonyl (C=O) groups is 1. The summed E-state index contributed by atoms with van der Waals surface area (Å²) in [5.74, 6) is 0.141. The maximum Gasteiger partial charge on any atom is 0.220 e. The Labute approximate surface area is 112 Å². The van der Waals surface area contributed by atoms with Gasteiger partial charge in [0, 0.05) is 24.7 Å². The molecule has 1 aromatic rings. The van der Waals surface area contributed by atoms with E-state index in [0.29, 0.717) is 23.2 Å². The average Bonchev–Trinajstić information content (AvgIpc) is 3.10. The number of anilines is 2. The first kappa shape index (κ1) is 13.0. The van der Waals surface area contributed by atoms with Crippen molar-refractivity contribution >= 4 is 28.9 Å². The second-order valence-electron chi connectivity index (χ2n) is 4.61. The number of amides is 1. The fraction of sp³-hybridized carbons (Fsp3) is 0.462. The molecule has 0 saturated heterocycles. The quantitative estimate of drug-likeness (QED) is 0.548. The van der Waals surface area contributed by atoms with E-state index in [2.05, 4.69) is 10.6 Å². The Kier molecular flexibility index (Phi) is 4.31.